The van der Waals surface area contributed by atoms with Gasteiger partial charge < -0.3 is 38.1 Å². The van der Waals surface area contributed by atoms with Crippen molar-refractivity contribution in [2.45, 2.75) is 154 Å². The number of ketones is 1. The minimum atomic E-state index is -4.71. The highest BCUT2D eigenvalue weighted by Gasteiger charge is 2.39. The lowest BCUT2D eigenvalue weighted by Gasteiger charge is -2.28. The van der Waals surface area contributed by atoms with Gasteiger partial charge >= 0.3 is 11.9 Å². The summed E-state index contributed by atoms with van der Waals surface area (Å²) >= 11 is 0. The van der Waals surface area contributed by atoms with E-state index in [1.807, 2.05) is 33.3 Å². The van der Waals surface area contributed by atoms with E-state index in [1.165, 1.54) is 19.3 Å². The Morgan fingerprint density at radius 3 is 2.07 bits per heavy atom. The number of carbonyl (C=O) groups excluding carboxylic acids is 3. The van der Waals surface area contributed by atoms with Gasteiger partial charge in [-0.05, 0) is 70.6 Å². The number of rotatable bonds is 35. The number of ether oxygens (including phenoxy) is 2. The molecule has 0 aromatic carbocycles. The fraction of sp³-hybridized carbons (Fsp3) is 0.717. The Morgan fingerprint density at radius 2 is 1.41 bits per heavy atom. The summed E-state index contributed by atoms with van der Waals surface area (Å²) in [5, 5.41) is 20.8. The van der Waals surface area contributed by atoms with Crippen molar-refractivity contribution >= 4 is 25.5 Å². The number of esters is 2. The Labute approximate surface area is 356 Å². The Kier molecular flexibility index (Phi) is 30.4. The minimum Gasteiger partial charge on any atom is -0.756 e. The number of phosphoric acid groups is 1. The van der Waals surface area contributed by atoms with Crippen molar-refractivity contribution in [1.29, 1.82) is 0 Å². The molecule has 338 valence electrons. The summed E-state index contributed by atoms with van der Waals surface area (Å²) in [6, 6.07) is 0. The highest BCUT2D eigenvalue weighted by atomic mass is 31.2. The first-order valence-corrected chi connectivity index (χ1v) is 23.6. The fourth-order valence-corrected chi connectivity index (χ4v) is 7.02. The molecule has 13 heteroatoms. The molecule has 0 amide bonds. The molecule has 0 spiro atoms. The molecule has 1 fully saturated rings. The molecule has 1 aliphatic carbocycles. The number of aliphatic hydroxyl groups excluding tert-OH is 2. The number of phosphoric ester groups is 1. The van der Waals surface area contributed by atoms with Gasteiger partial charge in [0.05, 0.1) is 40.0 Å². The molecule has 0 saturated heterocycles. The van der Waals surface area contributed by atoms with E-state index >= 15 is 0 Å². The average Bonchev–Trinajstić information content (AvgIpc) is 3.44. The number of aliphatic hydroxyl groups is 2. The zero-order valence-electron chi connectivity index (χ0n) is 36.9. The smallest absolute Gasteiger partial charge is 0.306 e. The summed E-state index contributed by atoms with van der Waals surface area (Å²) in [5.74, 6) is -1.86. The van der Waals surface area contributed by atoms with Crippen molar-refractivity contribution < 1.29 is 57.1 Å². The summed E-state index contributed by atoms with van der Waals surface area (Å²) in [4.78, 5) is 50.2. The number of hydrogen-bond acceptors (Lipinski definition) is 11. The monoisotopic (exact) mass is 852 g/mol. The van der Waals surface area contributed by atoms with Crippen LogP contribution in [0.5, 0.6) is 0 Å². The van der Waals surface area contributed by atoms with Gasteiger partial charge in [0.15, 0.2) is 6.10 Å². The van der Waals surface area contributed by atoms with E-state index in [1.54, 1.807) is 12.2 Å². The van der Waals surface area contributed by atoms with Gasteiger partial charge in [-0.2, -0.15) is 0 Å². The summed E-state index contributed by atoms with van der Waals surface area (Å²) in [5.41, 5.74) is 0. The summed E-state index contributed by atoms with van der Waals surface area (Å²) < 4.78 is 33.7. The number of nitrogens with zero attached hydrogens (tertiary/aromatic N) is 1. The van der Waals surface area contributed by atoms with Gasteiger partial charge in [0, 0.05) is 31.1 Å². The highest BCUT2D eigenvalue weighted by Crippen LogP contribution is 2.38. The van der Waals surface area contributed by atoms with Crippen LogP contribution in [0.2, 0.25) is 0 Å². The maximum absolute atomic E-state index is 12.8. The predicted molar refractivity (Wildman–Crippen MR) is 232 cm³/mol. The Hall–Kier alpha value is -2.70. The third-order valence-corrected chi connectivity index (χ3v) is 10.9. The first-order valence-electron chi connectivity index (χ1n) is 22.1. The molecule has 1 unspecified atom stereocenters. The molecular formula is C46H78NO11P. The van der Waals surface area contributed by atoms with Crippen molar-refractivity contribution in [2.75, 3.05) is 47.5 Å². The zero-order chi connectivity index (χ0) is 43.8. The lowest BCUT2D eigenvalue weighted by atomic mass is 9.90. The molecule has 12 nitrogen and oxygen atoms in total. The van der Waals surface area contributed by atoms with Crippen LogP contribution in [-0.4, -0.2) is 98.2 Å². The maximum Gasteiger partial charge on any atom is 0.306 e. The molecular weight excluding hydrogens is 773 g/mol. The SMILES string of the molecule is CCCCC/C=C\C/C=C\C/C=C\CCCCC(=O)OC[C@H](COP(=O)([O-])OCC[N+](C)(C)C)OC(=O)CCC/C=C\C[C@H]1[C@@H](O)CC(=O)[C@@H]1/C=C/[C@@H](O)CCCCC. The van der Waals surface area contributed by atoms with Gasteiger partial charge in [-0.15, -0.1) is 0 Å². The van der Waals surface area contributed by atoms with Crippen LogP contribution in [0.4, 0.5) is 0 Å². The minimum absolute atomic E-state index is 0.0229. The van der Waals surface area contributed by atoms with Crippen LogP contribution in [0.1, 0.15) is 136 Å². The van der Waals surface area contributed by atoms with E-state index in [0.717, 1.165) is 51.4 Å². The van der Waals surface area contributed by atoms with Crippen LogP contribution in [0.15, 0.2) is 60.8 Å². The molecule has 0 heterocycles. The molecule has 1 rings (SSSR count). The Morgan fingerprint density at radius 1 is 0.814 bits per heavy atom. The second-order valence-corrected chi connectivity index (χ2v) is 17.9. The third kappa shape index (κ3) is 30.1. The van der Waals surface area contributed by atoms with Crippen LogP contribution >= 0.6 is 7.82 Å². The van der Waals surface area contributed by atoms with Gasteiger partial charge in [-0.1, -0.05) is 107 Å². The van der Waals surface area contributed by atoms with Crippen LogP contribution in [0, 0.1) is 11.8 Å². The molecule has 6 atom stereocenters. The second kappa shape index (κ2) is 33.0. The fourth-order valence-electron chi connectivity index (χ4n) is 6.29. The zero-order valence-corrected chi connectivity index (χ0v) is 37.8. The van der Waals surface area contributed by atoms with Crippen molar-refractivity contribution in [2.24, 2.45) is 11.8 Å². The van der Waals surface area contributed by atoms with Crippen LogP contribution in [-0.2, 0) is 37.5 Å². The van der Waals surface area contributed by atoms with Gasteiger partial charge in [0.2, 0.25) is 0 Å². The van der Waals surface area contributed by atoms with E-state index in [4.69, 9.17) is 18.5 Å². The number of Topliss-reactive ketones (excluding diaryl/α,β-unsaturated/α-hetero) is 1. The molecule has 0 aliphatic heterocycles. The summed E-state index contributed by atoms with van der Waals surface area (Å²) in [7, 11) is 0.971. The molecule has 0 bridgehead atoms. The van der Waals surface area contributed by atoms with Crippen LogP contribution < -0.4 is 4.89 Å². The van der Waals surface area contributed by atoms with Gasteiger partial charge in [-0.3, -0.25) is 18.9 Å². The topological polar surface area (TPSA) is 169 Å². The molecule has 0 aromatic heterocycles. The van der Waals surface area contributed by atoms with E-state index in [2.05, 4.69) is 50.3 Å². The average molecular weight is 852 g/mol. The first-order chi connectivity index (χ1) is 28.2. The van der Waals surface area contributed by atoms with Crippen molar-refractivity contribution in [3.63, 3.8) is 0 Å². The van der Waals surface area contributed by atoms with Crippen molar-refractivity contribution in [3.05, 3.63) is 60.8 Å². The number of allylic oxidation sites excluding steroid dienone is 9. The largest absolute Gasteiger partial charge is 0.756 e. The second-order valence-electron chi connectivity index (χ2n) is 16.5. The van der Waals surface area contributed by atoms with Crippen LogP contribution in [0.25, 0.3) is 0 Å². The van der Waals surface area contributed by atoms with Crippen LogP contribution in [0.3, 0.4) is 0 Å². The van der Waals surface area contributed by atoms with Gasteiger partial charge in [0.25, 0.3) is 7.82 Å². The number of unbranched alkanes of at least 4 members (excludes halogenated alkanes) is 8. The van der Waals surface area contributed by atoms with Gasteiger partial charge in [-0.25, -0.2) is 0 Å². The lowest BCUT2D eigenvalue weighted by Crippen LogP contribution is -2.37. The molecule has 1 aliphatic rings. The number of quaternary nitrogens is 1. The van der Waals surface area contributed by atoms with Gasteiger partial charge in [0.1, 0.15) is 25.5 Å². The highest BCUT2D eigenvalue weighted by molar-refractivity contribution is 7.45. The van der Waals surface area contributed by atoms with E-state index in [9.17, 15) is 34.1 Å². The van der Waals surface area contributed by atoms with Crippen molar-refractivity contribution in [3.8, 4) is 0 Å². The van der Waals surface area contributed by atoms with E-state index < -0.39 is 50.6 Å². The van der Waals surface area contributed by atoms with Crippen molar-refractivity contribution in [1.82, 2.24) is 0 Å². The Bertz CT molecular complexity index is 1350. The lowest BCUT2D eigenvalue weighted by molar-refractivity contribution is -0.870. The standard InChI is InChI=1S/C46H78NO11P/c1-6-8-10-11-12-13-14-15-16-17-18-19-20-21-26-30-45(51)55-37-40(38-57-59(53,54)56-35-34-47(3,4)5)58-46(52)31-27-23-22-25-29-41-42(44(50)36-43(41)49)33-32-39(48)28-24-9-7-2/h12-13,15-16,18-19,22,25,32-33,39-43,48-49H,6-11,14,17,20-21,23-24,26-31,34-38H2,1-5H3/b13-12-,16-15-,19-18-,25-22-,33-32+/t39-,40+,41+,42+,43-/m0/s1. The quantitative estimate of drug-likeness (QED) is 0.0206. The molecule has 0 aromatic rings. The molecule has 2 N–H and O–H groups in total. The van der Waals surface area contributed by atoms with E-state index in [-0.39, 0.29) is 44.2 Å². The maximum atomic E-state index is 12.8. The first kappa shape index (κ1) is 54.3. The molecule has 0 radical (unpaired) electrons. The number of carbonyl (C=O) groups is 3. The number of hydrogen-bond donors (Lipinski definition) is 2. The summed E-state index contributed by atoms with van der Waals surface area (Å²) in [6.07, 6.45) is 31.9. The Balaban J connectivity index is 2.56. The molecule has 59 heavy (non-hydrogen) atoms. The normalized spacial score (nSPS) is 19.8. The predicted octanol–water partition coefficient (Wildman–Crippen LogP) is 8.42. The third-order valence-electron chi connectivity index (χ3n) is 9.89. The molecule has 1 saturated carbocycles. The number of likely N-dealkylation sites (N-methyl/N-ethyl adjacent to an activating group) is 1. The van der Waals surface area contributed by atoms with E-state index in [0.29, 0.717) is 43.1 Å². The summed E-state index contributed by atoms with van der Waals surface area (Å²) in [6.45, 7) is 3.71.